The van der Waals surface area contributed by atoms with Gasteiger partial charge in [0.15, 0.2) is 0 Å². The Morgan fingerprint density at radius 1 is 0.357 bits per heavy atom. The minimum Gasteiger partial charge on any atom is -0.154 e. The highest BCUT2D eigenvalue weighted by Gasteiger charge is 2.04. The van der Waals surface area contributed by atoms with Crippen LogP contribution in [0.3, 0.4) is 0 Å². The molecule has 0 heterocycles. The van der Waals surface area contributed by atoms with Crippen molar-refractivity contribution >= 4 is 47.0 Å². The van der Waals surface area contributed by atoms with Gasteiger partial charge in [-0.2, -0.15) is 23.5 Å². The smallest absolute Gasteiger partial charge is 0.0187 e. The molecule has 4 aromatic rings. The molecule has 0 aliphatic carbocycles. The molecule has 0 nitrogen and oxygen atoms in total. The van der Waals surface area contributed by atoms with Crippen molar-refractivity contribution in [1.82, 2.24) is 0 Å². The summed E-state index contributed by atoms with van der Waals surface area (Å²) in [5.74, 6) is 2.27. The lowest BCUT2D eigenvalue weighted by Gasteiger charge is -2.09. The molecule has 0 aliphatic heterocycles. The van der Waals surface area contributed by atoms with Crippen LogP contribution in [0.2, 0.25) is 0 Å². The lowest BCUT2D eigenvalue weighted by atomic mass is 10.0. The number of hydrogen-bond acceptors (Lipinski definition) is 4. The van der Waals surface area contributed by atoms with E-state index in [1.165, 1.54) is 43.2 Å². The molecule has 0 radical (unpaired) electrons. The first kappa shape index (κ1) is 34.8. The molecule has 0 spiro atoms. The summed E-state index contributed by atoms with van der Waals surface area (Å²) in [6.45, 7) is 17.9. The molecule has 4 heteroatoms. The first-order chi connectivity index (χ1) is 20.1. The Labute approximate surface area is 273 Å². The first-order valence-corrected chi connectivity index (χ1v) is 18.9. The molecule has 0 N–H and O–H groups in total. The molecule has 0 saturated carbocycles. The Morgan fingerprint density at radius 3 is 0.857 bits per heavy atom. The molecule has 0 saturated heterocycles. The van der Waals surface area contributed by atoms with Crippen molar-refractivity contribution in [2.75, 3.05) is 0 Å². The van der Waals surface area contributed by atoms with Crippen LogP contribution in [0.5, 0.6) is 0 Å². The number of hydrogen-bond donors (Lipinski definition) is 0. The molecular formula is C38H48S4. The van der Waals surface area contributed by atoms with Crippen molar-refractivity contribution in [3.8, 4) is 22.3 Å². The average Bonchev–Trinajstić information content (AvgIpc) is 2.96. The zero-order chi connectivity index (χ0) is 30.5. The van der Waals surface area contributed by atoms with Gasteiger partial charge in [0.2, 0.25) is 0 Å². The standard InChI is InChI=1S/C24H26S2.C14H22S2/c1-17(2)25-23-13-9-21(10-14-23)19-5-7-20(8-6-19)22-11-15-24(16-12-22)26-18(3)4;1-11(2)15-9-13-5-7-14(8-6-13)10-16-12(3)4/h5-18H,1-4H3;5-8,11-12H,9-10H2,1-4H3. The number of thioether (sulfide) groups is 4. The van der Waals surface area contributed by atoms with Gasteiger partial charge in [0.25, 0.3) is 0 Å². The quantitative estimate of drug-likeness (QED) is 0.142. The van der Waals surface area contributed by atoms with Gasteiger partial charge in [-0.3, -0.25) is 0 Å². The molecule has 0 bridgehead atoms. The van der Waals surface area contributed by atoms with E-state index in [1.807, 2.05) is 47.0 Å². The van der Waals surface area contributed by atoms with E-state index in [9.17, 15) is 0 Å². The zero-order valence-electron chi connectivity index (χ0n) is 26.6. The van der Waals surface area contributed by atoms with Gasteiger partial charge in [-0.25, -0.2) is 0 Å². The van der Waals surface area contributed by atoms with E-state index in [0.29, 0.717) is 10.5 Å². The Balaban J connectivity index is 0.000000260. The van der Waals surface area contributed by atoms with E-state index < -0.39 is 0 Å². The van der Waals surface area contributed by atoms with Crippen LogP contribution in [0.4, 0.5) is 0 Å². The zero-order valence-corrected chi connectivity index (χ0v) is 29.9. The summed E-state index contributed by atoms with van der Waals surface area (Å²) in [4.78, 5) is 2.67. The van der Waals surface area contributed by atoms with Crippen molar-refractivity contribution in [3.63, 3.8) is 0 Å². The van der Waals surface area contributed by atoms with Crippen LogP contribution in [0, 0.1) is 0 Å². The van der Waals surface area contributed by atoms with Crippen LogP contribution in [0.25, 0.3) is 22.3 Å². The Hall–Kier alpha value is -1.72. The van der Waals surface area contributed by atoms with Gasteiger partial charge in [0.1, 0.15) is 0 Å². The van der Waals surface area contributed by atoms with Gasteiger partial charge >= 0.3 is 0 Å². The van der Waals surface area contributed by atoms with E-state index in [0.717, 1.165) is 22.0 Å². The lowest BCUT2D eigenvalue weighted by Crippen LogP contribution is -1.91. The second kappa shape index (κ2) is 18.2. The molecule has 0 unspecified atom stereocenters. The van der Waals surface area contributed by atoms with E-state index in [1.54, 1.807) is 0 Å². The third-order valence-corrected chi connectivity index (χ3v) is 10.6. The van der Waals surface area contributed by atoms with Crippen molar-refractivity contribution in [2.24, 2.45) is 0 Å². The molecule has 224 valence electrons. The fourth-order valence-corrected chi connectivity index (χ4v) is 7.22. The molecule has 0 aliphatic rings. The maximum atomic E-state index is 2.27. The van der Waals surface area contributed by atoms with E-state index in [-0.39, 0.29) is 0 Å². The van der Waals surface area contributed by atoms with Gasteiger partial charge in [-0.1, -0.05) is 128 Å². The minimum atomic E-state index is 0.616. The molecule has 4 aromatic carbocycles. The van der Waals surface area contributed by atoms with Gasteiger partial charge < -0.3 is 0 Å². The molecule has 0 fully saturated rings. The predicted molar refractivity (Wildman–Crippen MR) is 199 cm³/mol. The van der Waals surface area contributed by atoms with Gasteiger partial charge in [0, 0.05) is 31.8 Å². The van der Waals surface area contributed by atoms with E-state index >= 15 is 0 Å². The summed E-state index contributed by atoms with van der Waals surface area (Å²) < 4.78 is 0. The second-order valence-corrected chi connectivity index (χ2v) is 17.9. The summed E-state index contributed by atoms with van der Waals surface area (Å²) in [7, 11) is 0. The molecule has 42 heavy (non-hydrogen) atoms. The highest BCUT2D eigenvalue weighted by molar-refractivity contribution is 8.00. The average molecular weight is 633 g/mol. The topological polar surface area (TPSA) is 0 Å². The van der Waals surface area contributed by atoms with Crippen LogP contribution in [0.1, 0.15) is 66.5 Å². The Kier molecular flexibility index (Phi) is 15.0. The third-order valence-electron chi connectivity index (χ3n) is 6.19. The normalized spacial score (nSPS) is 11.3. The molecule has 4 rings (SSSR count). The molecule has 0 atom stereocenters. The van der Waals surface area contributed by atoms with E-state index in [2.05, 4.69) is 152 Å². The monoisotopic (exact) mass is 632 g/mol. The molecule has 0 aromatic heterocycles. The SMILES string of the molecule is CC(C)SCc1ccc(CSC(C)C)cc1.CC(C)Sc1ccc(-c2ccc(-c3ccc(SC(C)C)cc3)cc2)cc1. The predicted octanol–water partition coefficient (Wildman–Crippen LogP) is 13.0. The maximum absolute atomic E-state index is 2.27. The molecule has 0 amide bonds. The maximum Gasteiger partial charge on any atom is 0.0187 e. The first-order valence-electron chi connectivity index (χ1n) is 15.0. The second-order valence-electron chi connectivity index (χ2n) is 11.5. The van der Waals surface area contributed by atoms with Gasteiger partial charge in [0.05, 0.1) is 0 Å². The van der Waals surface area contributed by atoms with Crippen LogP contribution >= 0.6 is 47.0 Å². The van der Waals surface area contributed by atoms with Crippen molar-refractivity contribution in [2.45, 2.75) is 97.7 Å². The summed E-state index contributed by atoms with van der Waals surface area (Å²) in [6.07, 6.45) is 0. The fourth-order valence-electron chi connectivity index (χ4n) is 4.11. The largest absolute Gasteiger partial charge is 0.154 e. The van der Waals surface area contributed by atoms with Crippen LogP contribution in [-0.4, -0.2) is 21.0 Å². The lowest BCUT2D eigenvalue weighted by molar-refractivity contribution is 1.10. The van der Waals surface area contributed by atoms with Gasteiger partial charge in [-0.05, 0) is 68.1 Å². The van der Waals surface area contributed by atoms with Gasteiger partial charge in [-0.15, -0.1) is 23.5 Å². The van der Waals surface area contributed by atoms with Crippen molar-refractivity contribution < 1.29 is 0 Å². The minimum absolute atomic E-state index is 0.616. The summed E-state index contributed by atoms with van der Waals surface area (Å²) >= 11 is 7.82. The Bertz CT molecular complexity index is 1180. The van der Waals surface area contributed by atoms with Crippen LogP contribution < -0.4 is 0 Å². The van der Waals surface area contributed by atoms with Crippen LogP contribution in [-0.2, 0) is 11.5 Å². The summed E-state index contributed by atoms with van der Waals surface area (Å²) in [6, 6.07) is 35.7. The molecular weight excluding hydrogens is 585 g/mol. The number of rotatable bonds is 12. The highest BCUT2D eigenvalue weighted by atomic mass is 32.2. The van der Waals surface area contributed by atoms with Crippen molar-refractivity contribution in [3.05, 3.63) is 108 Å². The van der Waals surface area contributed by atoms with Crippen LogP contribution in [0.15, 0.2) is 107 Å². The van der Waals surface area contributed by atoms with E-state index in [4.69, 9.17) is 0 Å². The summed E-state index contributed by atoms with van der Waals surface area (Å²) in [5.41, 5.74) is 7.96. The summed E-state index contributed by atoms with van der Waals surface area (Å²) in [5, 5.41) is 2.67. The number of benzene rings is 4. The third kappa shape index (κ3) is 12.9. The van der Waals surface area contributed by atoms with Crippen molar-refractivity contribution in [1.29, 1.82) is 0 Å². The fraction of sp³-hybridized carbons (Fsp3) is 0.368. The highest BCUT2D eigenvalue weighted by Crippen LogP contribution is 2.30. The Morgan fingerprint density at radius 2 is 0.619 bits per heavy atom.